The van der Waals surface area contributed by atoms with Crippen LogP contribution in [-0.4, -0.2) is 28.2 Å². The SMILES string of the molecule is O=C(NC1(C(=O)O)Cc2ccc(Br)cc2C1)C12CC3CC(CC(F)(C3)C1)C2. The highest BCUT2D eigenvalue weighted by Crippen LogP contribution is 2.63. The average Bonchev–Trinajstić information content (AvgIpc) is 2.91. The van der Waals surface area contributed by atoms with Gasteiger partial charge in [-0.1, -0.05) is 22.0 Å². The number of carbonyl (C=O) groups is 2. The maximum absolute atomic E-state index is 15.2. The molecule has 5 aliphatic rings. The number of hydrogen-bond donors (Lipinski definition) is 2. The molecule has 5 aliphatic carbocycles. The lowest BCUT2D eigenvalue weighted by atomic mass is 9.48. The molecule has 27 heavy (non-hydrogen) atoms. The first-order valence-electron chi connectivity index (χ1n) is 9.73. The third-order valence-electron chi connectivity index (χ3n) is 7.39. The predicted molar refractivity (Wildman–Crippen MR) is 101 cm³/mol. The first-order valence-corrected chi connectivity index (χ1v) is 10.5. The number of carbonyl (C=O) groups excluding carboxylic acids is 1. The lowest BCUT2D eigenvalue weighted by Gasteiger charge is -2.58. The van der Waals surface area contributed by atoms with Gasteiger partial charge in [0.25, 0.3) is 0 Å². The molecule has 1 aromatic carbocycles. The van der Waals surface area contributed by atoms with E-state index in [-0.39, 0.29) is 37.0 Å². The molecule has 2 N–H and O–H groups in total. The van der Waals surface area contributed by atoms with Crippen LogP contribution in [0.4, 0.5) is 4.39 Å². The Morgan fingerprint density at radius 2 is 1.78 bits per heavy atom. The summed E-state index contributed by atoms with van der Waals surface area (Å²) < 4.78 is 16.1. The average molecular weight is 436 g/mol. The molecule has 0 radical (unpaired) electrons. The molecule has 6 heteroatoms. The molecule has 144 valence electrons. The van der Waals surface area contributed by atoms with Crippen LogP contribution in [0.25, 0.3) is 0 Å². The van der Waals surface area contributed by atoms with Crippen LogP contribution in [0, 0.1) is 17.3 Å². The van der Waals surface area contributed by atoms with Crippen LogP contribution in [0.3, 0.4) is 0 Å². The van der Waals surface area contributed by atoms with E-state index in [9.17, 15) is 14.7 Å². The summed E-state index contributed by atoms with van der Waals surface area (Å²) in [5, 5.41) is 12.9. The van der Waals surface area contributed by atoms with Gasteiger partial charge in [-0.25, -0.2) is 9.18 Å². The molecule has 4 bridgehead atoms. The topological polar surface area (TPSA) is 66.4 Å². The largest absolute Gasteiger partial charge is 0.479 e. The Hall–Kier alpha value is -1.43. The van der Waals surface area contributed by atoms with Gasteiger partial charge in [-0.2, -0.15) is 0 Å². The quantitative estimate of drug-likeness (QED) is 0.758. The number of amides is 1. The lowest BCUT2D eigenvalue weighted by molar-refractivity contribution is -0.165. The number of alkyl halides is 1. The Bertz CT molecular complexity index is 842. The monoisotopic (exact) mass is 435 g/mol. The number of carboxylic acid groups (broad SMARTS) is 1. The van der Waals surface area contributed by atoms with Gasteiger partial charge in [0.2, 0.25) is 5.91 Å². The van der Waals surface area contributed by atoms with E-state index in [2.05, 4.69) is 21.2 Å². The first kappa shape index (κ1) is 17.7. The molecule has 0 aromatic heterocycles. The summed E-state index contributed by atoms with van der Waals surface area (Å²) in [4.78, 5) is 25.6. The van der Waals surface area contributed by atoms with Gasteiger partial charge in [-0.3, -0.25) is 4.79 Å². The van der Waals surface area contributed by atoms with Gasteiger partial charge in [0.05, 0.1) is 5.41 Å². The maximum Gasteiger partial charge on any atom is 0.330 e. The molecule has 1 aromatic rings. The van der Waals surface area contributed by atoms with Crippen molar-refractivity contribution >= 4 is 27.8 Å². The van der Waals surface area contributed by atoms with E-state index in [0.717, 1.165) is 22.0 Å². The fraction of sp³-hybridized carbons (Fsp3) is 0.619. The summed E-state index contributed by atoms with van der Waals surface area (Å²) in [6.07, 6.45) is 4.37. The first-order chi connectivity index (χ1) is 12.7. The van der Waals surface area contributed by atoms with Crippen molar-refractivity contribution in [2.45, 2.75) is 62.6 Å². The van der Waals surface area contributed by atoms with Crippen LogP contribution in [0.5, 0.6) is 0 Å². The van der Waals surface area contributed by atoms with Crippen molar-refractivity contribution in [2.24, 2.45) is 17.3 Å². The summed E-state index contributed by atoms with van der Waals surface area (Å²) in [6.45, 7) is 0. The lowest BCUT2D eigenvalue weighted by Crippen LogP contribution is -2.64. The fourth-order valence-corrected chi connectivity index (χ4v) is 7.11. The van der Waals surface area contributed by atoms with Crippen molar-refractivity contribution in [2.75, 3.05) is 0 Å². The highest BCUT2D eigenvalue weighted by molar-refractivity contribution is 9.10. The van der Waals surface area contributed by atoms with E-state index in [1.165, 1.54) is 0 Å². The molecule has 1 amide bonds. The van der Waals surface area contributed by atoms with Crippen LogP contribution in [0.1, 0.15) is 49.7 Å². The zero-order valence-electron chi connectivity index (χ0n) is 15.1. The third kappa shape index (κ3) is 2.66. The minimum Gasteiger partial charge on any atom is -0.479 e. The van der Waals surface area contributed by atoms with Gasteiger partial charge >= 0.3 is 5.97 Å². The molecular formula is C21H23BrFNO3. The Balaban J connectivity index is 1.44. The Morgan fingerprint density at radius 1 is 1.11 bits per heavy atom. The van der Waals surface area contributed by atoms with Crippen molar-refractivity contribution in [3.63, 3.8) is 0 Å². The Morgan fingerprint density at radius 3 is 2.41 bits per heavy atom. The van der Waals surface area contributed by atoms with Gasteiger partial charge in [0.1, 0.15) is 11.2 Å². The number of hydrogen-bond acceptors (Lipinski definition) is 2. The molecule has 4 nitrogen and oxygen atoms in total. The van der Waals surface area contributed by atoms with Gasteiger partial charge < -0.3 is 10.4 Å². The molecule has 0 heterocycles. The number of aliphatic carboxylic acids is 1. The minimum absolute atomic E-state index is 0.243. The van der Waals surface area contributed by atoms with Gasteiger partial charge in [-0.05, 0) is 73.6 Å². The number of benzene rings is 1. The van der Waals surface area contributed by atoms with Crippen molar-refractivity contribution in [3.8, 4) is 0 Å². The maximum atomic E-state index is 15.2. The number of nitrogens with one attached hydrogen (secondary N) is 1. The molecule has 3 unspecified atom stereocenters. The molecule has 4 fully saturated rings. The van der Waals surface area contributed by atoms with E-state index in [1.807, 2.05) is 18.2 Å². The number of carboxylic acids is 1. The Kier molecular flexibility index (Phi) is 3.63. The highest BCUT2D eigenvalue weighted by atomic mass is 79.9. The zero-order chi connectivity index (χ0) is 19.0. The second kappa shape index (κ2) is 5.56. The molecule has 0 spiro atoms. The van der Waals surface area contributed by atoms with Gasteiger partial charge in [-0.15, -0.1) is 0 Å². The molecule has 0 aliphatic heterocycles. The van der Waals surface area contributed by atoms with Crippen LogP contribution in [0.15, 0.2) is 22.7 Å². The number of fused-ring (bicyclic) bond motifs is 1. The van der Waals surface area contributed by atoms with Crippen molar-refractivity contribution in [1.29, 1.82) is 0 Å². The molecule has 0 saturated heterocycles. The molecular weight excluding hydrogens is 413 g/mol. The predicted octanol–water partition coefficient (Wildman–Crippen LogP) is 3.80. The molecule has 4 saturated carbocycles. The summed E-state index contributed by atoms with van der Waals surface area (Å²) in [6, 6.07) is 5.73. The van der Waals surface area contributed by atoms with E-state index >= 15 is 4.39 Å². The van der Waals surface area contributed by atoms with E-state index in [1.54, 1.807) is 0 Å². The van der Waals surface area contributed by atoms with Crippen LogP contribution < -0.4 is 5.32 Å². The second-order valence-electron chi connectivity index (χ2n) is 9.50. The van der Waals surface area contributed by atoms with Crippen LogP contribution in [0.2, 0.25) is 0 Å². The van der Waals surface area contributed by atoms with Crippen LogP contribution in [-0.2, 0) is 22.4 Å². The third-order valence-corrected chi connectivity index (χ3v) is 7.88. The zero-order valence-corrected chi connectivity index (χ0v) is 16.6. The standard InChI is InChI=1S/C21H23BrFNO3/c22-16-2-1-14-9-21(18(26)27,10-15(14)4-16)24-17(25)19-5-12-3-13(6-19)8-20(23,7-12)11-19/h1-2,4,12-13H,3,5-11H2,(H,24,25)(H,26,27). The second-order valence-corrected chi connectivity index (χ2v) is 10.4. The number of rotatable bonds is 3. The summed E-state index contributed by atoms with van der Waals surface area (Å²) in [5.41, 5.74) is -1.39. The van der Waals surface area contributed by atoms with Crippen molar-refractivity contribution < 1.29 is 19.1 Å². The normalized spacial score (nSPS) is 41.4. The van der Waals surface area contributed by atoms with Gasteiger partial charge in [0, 0.05) is 17.3 Å². The Labute approximate surface area is 166 Å². The van der Waals surface area contributed by atoms with Crippen molar-refractivity contribution in [3.05, 3.63) is 33.8 Å². The summed E-state index contributed by atoms with van der Waals surface area (Å²) in [5.74, 6) is -0.727. The van der Waals surface area contributed by atoms with E-state index in [4.69, 9.17) is 0 Å². The number of halogens is 2. The van der Waals surface area contributed by atoms with Crippen molar-refractivity contribution in [1.82, 2.24) is 5.32 Å². The highest BCUT2D eigenvalue weighted by Gasteiger charge is 2.62. The fourth-order valence-electron chi connectivity index (χ4n) is 6.70. The van der Waals surface area contributed by atoms with Gasteiger partial charge in [0.15, 0.2) is 0 Å². The summed E-state index contributed by atoms with van der Waals surface area (Å²) in [7, 11) is 0. The van der Waals surface area contributed by atoms with Crippen LogP contribution >= 0.6 is 15.9 Å². The minimum atomic E-state index is -1.33. The summed E-state index contributed by atoms with van der Waals surface area (Å²) >= 11 is 3.43. The smallest absolute Gasteiger partial charge is 0.330 e. The molecule has 6 rings (SSSR count). The molecule has 3 atom stereocenters. The van der Waals surface area contributed by atoms with E-state index < -0.39 is 22.6 Å². The van der Waals surface area contributed by atoms with E-state index in [0.29, 0.717) is 25.7 Å².